The van der Waals surface area contributed by atoms with Gasteiger partial charge in [-0.25, -0.2) is 4.39 Å². The van der Waals surface area contributed by atoms with E-state index in [-0.39, 0.29) is 11.7 Å². The van der Waals surface area contributed by atoms with E-state index in [2.05, 4.69) is 0 Å². The van der Waals surface area contributed by atoms with Crippen molar-refractivity contribution < 1.29 is 23.9 Å². The molecule has 0 amide bonds. The van der Waals surface area contributed by atoms with Crippen LogP contribution < -0.4 is 5.11 Å². The standard InChI is InChI=1S/C25H20FNO4/c26-17-9-7-15(8-10-17)24-20-3-1-2-4-22(20)27-25(16-5-6-16)21(24)12-11-18(28)13-19(29)14-23(30)31/h1-4,7-12,16H,5-6,13-14H2,(H,30,31)/p-1/b12-11+. The van der Waals surface area contributed by atoms with Crippen LogP contribution in [0.1, 0.15) is 42.9 Å². The highest BCUT2D eigenvalue weighted by Gasteiger charge is 2.29. The molecular formula is C25H19FNO4-. The molecule has 0 radical (unpaired) electrons. The van der Waals surface area contributed by atoms with E-state index in [1.54, 1.807) is 18.2 Å². The lowest BCUT2D eigenvalue weighted by Crippen LogP contribution is -2.25. The molecule has 0 bridgehead atoms. The Kier molecular flexibility index (Phi) is 5.71. The van der Waals surface area contributed by atoms with Crippen molar-refractivity contribution >= 4 is 34.5 Å². The lowest BCUT2D eigenvalue weighted by molar-refractivity contribution is -0.304. The zero-order valence-corrected chi connectivity index (χ0v) is 16.6. The Hall–Kier alpha value is -3.67. The zero-order chi connectivity index (χ0) is 22.0. The highest BCUT2D eigenvalue weighted by atomic mass is 19.1. The Labute approximate surface area is 178 Å². The number of nitrogens with zero attached hydrogens (tertiary/aromatic N) is 1. The number of rotatable bonds is 8. The van der Waals surface area contributed by atoms with E-state index < -0.39 is 30.4 Å². The number of pyridine rings is 1. The summed E-state index contributed by atoms with van der Waals surface area (Å²) in [5.41, 5.74) is 4.08. The van der Waals surface area contributed by atoms with Crippen molar-refractivity contribution in [3.05, 3.63) is 71.7 Å². The molecule has 1 aliphatic rings. The second kappa shape index (κ2) is 8.60. The summed E-state index contributed by atoms with van der Waals surface area (Å²) in [6.45, 7) is 0. The summed E-state index contributed by atoms with van der Waals surface area (Å²) in [6, 6.07) is 13.8. The van der Waals surface area contributed by atoms with Crippen molar-refractivity contribution in [1.29, 1.82) is 0 Å². The first-order valence-electron chi connectivity index (χ1n) is 10.0. The highest BCUT2D eigenvalue weighted by molar-refractivity contribution is 6.10. The Bertz CT molecular complexity index is 1210. The summed E-state index contributed by atoms with van der Waals surface area (Å²) >= 11 is 0. The molecular weight excluding hydrogens is 397 g/mol. The van der Waals surface area contributed by atoms with E-state index in [9.17, 15) is 23.9 Å². The van der Waals surface area contributed by atoms with Crippen molar-refractivity contribution in [2.75, 3.05) is 0 Å². The molecule has 4 rings (SSSR count). The van der Waals surface area contributed by atoms with Crippen molar-refractivity contribution in [2.45, 2.75) is 31.6 Å². The molecule has 0 unspecified atom stereocenters. The number of halogens is 1. The fraction of sp³-hybridized carbons (Fsp3) is 0.200. The number of carboxylic acid groups (broad SMARTS) is 1. The highest BCUT2D eigenvalue weighted by Crippen LogP contribution is 2.45. The molecule has 0 aliphatic heterocycles. The molecule has 2 aromatic carbocycles. The van der Waals surface area contributed by atoms with Gasteiger partial charge in [0.15, 0.2) is 5.78 Å². The van der Waals surface area contributed by atoms with Crippen molar-refractivity contribution in [2.24, 2.45) is 0 Å². The summed E-state index contributed by atoms with van der Waals surface area (Å²) in [6.07, 6.45) is 3.62. The number of benzene rings is 2. The van der Waals surface area contributed by atoms with Crippen LogP contribution in [0.3, 0.4) is 0 Å². The number of Topliss-reactive ketones (excluding diaryl/α,β-unsaturated/α-hetero) is 1. The maximum atomic E-state index is 13.6. The van der Waals surface area contributed by atoms with E-state index in [0.717, 1.165) is 46.1 Å². The summed E-state index contributed by atoms with van der Waals surface area (Å²) in [5.74, 6) is -2.77. The Balaban J connectivity index is 1.81. The third-order valence-corrected chi connectivity index (χ3v) is 5.21. The molecule has 3 aromatic rings. The van der Waals surface area contributed by atoms with Crippen LogP contribution in [0.15, 0.2) is 54.6 Å². The summed E-state index contributed by atoms with van der Waals surface area (Å²) in [4.78, 5) is 39.3. The number of para-hydroxylation sites is 1. The minimum Gasteiger partial charge on any atom is -0.550 e. The number of carbonyl (C=O) groups excluding carboxylic acids is 3. The van der Waals surface area contributed by atoms with Gasteiger partial charge in [-0.05, 0) is 48.8 Å². The second-order valence-corrected chi connectivity index (χ2v) is 7.65. The van der Waals surface area contributed by atoms with E-state index >= 15 is 0 Å². The topological polar surface area (TPSA) is 87.2 Å². The van der Waals surface area contributed by atoms with E-state index in [4.69, 9.17) is 4.98 Å². The number of allylic oxidation sites excluding steroid dienone is 1. The minimum absolute atomic E-state index is 0.276. The molecule has 5 nitrogen and oxygen atoms in total. The molecule has 1 saturated carbocycles. The SMILES string of the molecule is O=C([O-])CC(=O)CC(=O)/C=C/c1c(C2CC2)nc2ccccc2c1-c1ccc(F)cc1. The predicted octanol–water partition coefficient (Wildman–Crippen LogP) is 3.60. The maximum Gasteiger partial charge on any atom is 0.163 e. The van der Waals surface area contributed by atoms with Crippen molar-refractivity contribution in [1.82, 2.24) is 4.98 Å². The Morgan fingerprint density at radius 1 is 1.03 bits per heavy atom. The molecule has 0 atom stereocenters. The number of hydrogen-bond donors (Lipinski definition) is 0. The molecule has 156 valence electrons. The van der Waals surface area contributed by atoms with Gasteiger partial charge < -0.3 is 9.90 Å². The number of ketones is 2. The Morgan fingerprint density at radius 2 is 1.74 bits per heavy atom. The molecule has 1 aliphatic carbocycles. The molecule has 1 fully saturated rings. The number of carboxylic acids is 1. The fourth-order valence-electron chi connectivity index (χ4n) is 3.66. The monoisotopic (exact) mass is 416 g/mol. The van der Waals surface area contributed by atoms with Crippen LogP contribution in [-0.4, -0.2) is 22.5 Å². The molecule has 31 heavy (non-hydrogen) atoms. The third-order valence-electron chi connectivity index (χ3n) is 5.21. The molecule has 0 spiro atoms. The van der Waals surface area contributed by atoms with Crippen LogP contribution in [0.25, 0.3) is 28.1 Å². The van der Waals surface area contributed by atoms with Crippen LogP contribution in [0.4, 0.5) is 4.39 Å². The van der Waals surface area contributed by atoms with Crippen LogP contribution in [0.5, 0.6) is 0 Å². The number of aliphatic carboxylic acids is 1. The van der Waals surface area contributed by atoms with Crippen LogP contribution in [0, 0.1) is 5.82 Å². The van der Waals surface area contributed by atoms with Crippen LogP contribution in [0.2, 0.25) is 0 Å². The first-order valence-corrected chi connectivity index (χ1v) is 10.0. The summed E-state index contributed by atoms with van der Waals surface area (Å²) < 4.78 is 13.6. The number of fused-ring (bicyclic) bond motifs is 1. The van der Waals surface area contributed by atoms with Gasteiger partial charge in [-0.3, -0.25) is 14.6 Å². The number of aromatic nitrogens is 1. The van der Waals surface area contributed by atoms with E-state index in [0.29, 0.717) is 0 Å². The van der Waals surface area contributed by atoms with Gasteiger partial charge in [0.05, 0.1) is 17.6 Å². The Morgan fingerprint density at radius 3 is 2.42 bits per heavy atom. The van der Waals surface area contributed by atoms with Gasteiger partial charge in [-0.2, -0.15) is 0 Å². The molecule has 1 heterocycles. The number of carbonyl (C=O) groups is 3. The lowest BCUT2D eigenvalue weighted by atomic mass is 9.92. The van der Waals surface area contributed by atoms with E-state index in [1.807, 2.05) is 24.3 Å². The predicted molar refractivity (Wildman–Crippen MR) is 112 cm³/mol. The molecule has 1 aromatic heterocycles. The van der Waals surface area contributed by atoms with Crippen molar-refractivity contribution in [3.8, 4) is 11.1 Å². The maximum absolute atomic E-state index is 13.6. The lowest BCUT2D eigenvalue weighted by Gasteiger charge is -2.15. The smallest absolute Gasteiger partial charge is 0.163 e. The third kappa shape index (κ3) is 4.74. The van der Waals surface area contributed by atoms with Crippen LogP contribution in [-0.2, 0) is 14.4 Å². The average Bonchev–Trinajstić information content (AvgIpc) is 3.56. The van der Waals surface area contributed by atoms with Gasteiger partial charge in [0, 0.05) is 34.8 Å². The van der Waals surface area contributed by atoms with Gasteiger partial charge in [0.1, 0.15) is 11.6 Å². The minimum atomic E-state index is -1.50. The fourth-order valence-corrected chi connectivity index (χ4v) is 3.66. The van der Waals surface area contributed by atoms with Gasteiger partial charge >= 0.3 is 0 Å². The first-order chi connectivity index (χ1) is 14.9. The van der Waals surface area contributed by atoms with Gasteiger partial charge in [-0.1, -0.05) is 30.3 Å². The largest absolute Gasteiger partial charge is 0.550 e. The van der Waals surface area contributed by atoms with E-state index in [1.165, 1.54) is 18.2 Å². The summed E-state index contributed by atoms with van der Waals surface area (Å²) in [5, 5.41) is 11.4. The zero-order valence-electron chi connectivity index (χ0n) is 16.6. The number of hydrogen-bond acceptors (Lipinski definition) is 5. The van der Waals surface area contributed by atoms with Crippen LogP contribution >= 0.6 is 0 Å². The molecule has 6 heteroatoms. The average molecular weight is 416 g/mol. The van der Waals surface area contributed by atoms with Gasteiger partial charge in [0.25, 0.3) is 0 Å². The molecule has 0 saturated heterocycles. The van der Waals surface area contributed by atoms with Gasteiger partial charge in [-0.15, -0.1) is 0 Å². The molecule has 0 N–H and O–H groups in total. The van der Waals surface area contributed by atoms with Gasteiger partial charge in [0.2, 0.25) is 0 Å². The summed E-state index contributed by atoms with van der Waals surface area (Å²) in [7, 11) is 0. The quantitative estimate of drug-likeness (QED) is 0.414. The van der Waals surface area contributed by atoms with Crippen molar-refractivity contribution in [3.63, 3.8) is 0 Å². The normalized spacial score (nSPS) is 13.6. The second-order valence-electron chi connectivity index (χ2n) is 7.65. The first kappa shape index (κ1) is 20.6.